The summed E-state index contributed by atoms with van der Waals surface area (Å²) < 4.78 is 2.02. The van der Waals surface area contributed by atoms with Crippen LogP contribution in [0.1, 0.15) is 45.8 Å². The number of aromatic nitrogens is 3. The van der Waals surface area contributed by atoms with Gasteiger partial charge in [-0.25, -0.2) is 4.98 Å². The van der Waals surface area contributed by atoms with Crippen LogP contribution in [0.15, 0.2) is 35.2 Å². The summed E-state index contributed by atoms with van der Waals surface area (Å²) in [7, 11) is 1.78. The van der Waals surface area contributed by atoms with Crippen molar-refractivity contribution in [1.82, 2.24) is 24.6 Å². The van der Waals surface area contributed by atoms with E-state index in [9.17, 15) is 9.59 Å². The molecule has 5 rings (SSSR count). The van der Waals surface area contributed by atoms with Crippen molar-refractivity contribution in [2.75, 3.05) is 13.6 Å². The SMILES string of the molecule is CN(Cc1cscn1)C(=O)c1nn(CC2CC2)c2c1CN(C(=O)Cc1cccc(Cl)c1)CC2. The van der Waals surface area contributed by atoms with Gasteiger partial charge in [0.25, 0.3) is 5.91 Å². The Hall–Kier alpha value is -2.71. The summed E-state index contributed by atoms with van der Waals surface area (Å²) in [5.74, 6) is 0.553. The Morgan fingerprint density at radius 2 is 2.15 bits per heavy atom. The van der Waals surface area contributed by atoms with Crippen molar-refractivity contribution in [3.05, 3.63) is 68.4 Å². The van der Waals surface area contributed by atoms with Gasteiger partial charge in [0.15, 0.2) is 5.69 Å². The fraction of sp³-hybridized carbons (Fsp3) is 0.417. The van der Waals surface area contributed by atoms with Crippen LogP contribution in [-0.4, -0.2) is 50.0 Å². The van der Waals surface area contributed by atoms with E-state index in [4.69, 9.17) is 16.7 Å². The first-order chi connectivity index (χ1) is 16.0. The van der Waals surface area contributed by atoms with Crippen LogP contribution in [0.5, 0.6) is 0 Å². The summed E-state index contributed by atoms with van der Waals surface area (Å²) in [5.41, 5.74) is 5.96. The van der Waals surface area contributed by atoms with E-state index in [0.717, 1.165) is 29.1 Å². The summed E-state index contributed by atoms with van der Waals surface area (Å²) in [5, 5.41) is 7.33. The molecule has 1 fully saturated rings. The molecule has 0 atom stereocenters. The van der Waals surface area contributed by atoms with Crippen LogP contribution in [0, 0.1) is 5.92 Å². The standard InChI is InChI=1S/C24H26ClN5O2S/c1-28(12-19-14-33-15-26-19)24(32)23-20-13-29(22(31)10-17-3-2-4-18(25)9-17)8-7-21(20)30(27-23)11-16-5-6-16/h2-4,9,14-16H,5-8,10-13H2,1H3. The Bertz CT molecular complexity index is 1170. The third-order valence-corrected chi connectivity index (χ3v) is 7.16. The molecule has 1 aromatic carbocycles. The van der Waals surface area contributed by atoms with Gasteiger partial charge in [-0.15, -0.1) is 11.3 Å². The highest BCUT2D eigenvalue weighted by Gasteiger charge is 2.33. The van der Waals surface area contributed by atoms with Gasteiger partial charge in [0, 0.05) is 54.8 Å². The first-order valence-corrected chi connectivity index (χ1v) is 12.5. The Morgan fingerprint density at radius 1 is 1.30 bits per heavy atom. The monoisotopic (exact) mass is 483 g/mol. The van der Waals surface area contributed by atoms with Crippen molar-refractivity contribution >= 4 is 34.8 Å². The van der Waals surface area contributed by atoms with Gasteiger partial charge < -0.3 is 9.80 Å². The quantitative estimate of drug-likeness (QED) is 0.512. The molecule has 2 aliphatic rings. The van der Waals surface area contributed by atoms with E-state index in [1.807, 2.05) is 33.2 Å². The molecule has 2 aromatic heterocycles. The first-order valence-electron chi connectivity index (χ1n) is 11.2. The molecule has 1 aliphatic heterocycles. The molecule has 1 saturated carbocycles. The molecule has 0 unspecified atom stereocenters. The van der Waals surface area contributed by atoms with Crippen LogP contribution < -0.4 is 0 Å². The molecule has 9 heteroatoms. The molecule has 3 aromatic rings. The minimum Gasteiger partial charge on any atom is -0.338 e. The van der Waals surface area contributed by atoms with Gasteiger partial charge in [-0.1, -0.05) is 23.7 Å². The molecule has 0 saturated heterocycles. The predicted molar refractivity (Wildman–Crippen MR) is 127 cm³/mol. The average Bonchev–Trinajstić information content (AvgIpc) is 3.33. The highest BCUT2D eigenvalue weighted by molar-refractivity contribution is 7.07. The number of thiazole rings is 1. The van der Waals surface area contributed by atoms with Crippen molar-refractivity contribution in [2.24, 2.45) is 5.92 Å². The fourth-order valence-electron chi connectivity index (χ4n) is 4.32. The van der Waals surface area contributed by atoms with Crippen molar-refractivity contribution in [2.45, 2.75) is 45.3 Å². The summed E-state index contributed by atoms with van der Waals surface area (Å²) in [6, 6.07) is 7.40. The van der Waals surface area contributed by atoms with Gasteiger partial charge >= 0.3 is 0 Å². The van der Waals surface area contributed by atoms with E-state index in [0.29, 0.717) is 49.1 Å². The minimum atomic E-state index is -0.127. The third kappa shape index (κ3) is 4.96. The minimum absolute atomic E-state index is 0.0343. The molecule has 33 heavy (non-hydrogen) atoms. The molecule has 3 heterocycles. The number of carbonyl (C=O) groups is 2. The maximum atomic E-state index is 13.4. The molecule has 0 N–H and O–H groups in total. The van der Waals surface area contributed by atoms with Gasteiger partial charge in [0.1, 0.15) is 0 Å². The zero-order chi connectivity index (χ0) is 22.9. The van der Waals surface area contributed by atoms with Crippen LogP contribution in [0.25, 0.3) is 0 Å². The topological polar surface area (TPSA) is 71.3 Å². The lowest BCUT2D eigenvalue weighted by Gasteiger charge is -2.28. The summed E-state index contributed by atoms with van der Waals surface area (Å²) in [6.07, 6.45) is 3.43. The zero-order valence-electron chi connectivity index (χ0n) is 18.5. The first kappa shape index (κ1) is 22.1. The van der Waals surface area contributed by atoms with E-state index < -0.39 is 0 Å². The number of halogens is 1. The molecule has 0 bridgehead atoms. The van der Waals surface area contributed by atoms with Crippen molar-refractivity contribution in [3.8, 4) is 0 Å². The summed E-state index contributed by atoms with van der Waals surface area (Å²) >= 11 is 7.60. The van der Waals surface area contributed by atoms with Crippen molar-refractivity contribution < 1.29 is 9.59 Å². The summed E-state index contributed by atoms with van der Waals surface area (Å²) in [6.45, 7) is 2.32. The van der Waals surface area contributed by atoms with E-state index in [-0.39, 0.29) is 11.8 Å². The van der Waals surface area contributed by atoms with Gasteiger partial charge in [-0.2, -0.15) is 5.10 Å². The molecular weight excluding hydrogens is 458 g/mol. The lowest BCUT2D eigenvalue weighted by Crippen LogP contribution is -2.38. The fourth-order valence-corrected chi connectivity index (χ4v) is 5.08. The highest BCUT2D eigenvalue weighted by Crippen LogP contribution is 2.33. The highest BCUT2D eigenvalue weighted by atomic mass is 35.5. The lowest BCUT2D eigenvalue weighted by atomic mass is 10.0. The molecule has 0 radical (unpaired) electrons. The predicted octanol–water partition coefficient (Wildman–Crippen LogP) is 3.80. The Morgan fingerprint density at radius 3 is 2.88 bits per heavy atom. The third-order valence-electron chi connectivity index (χ3n) is 6.29. The maximum Gasteiger partial charge on any atom is 0.274 e. The average molecular weight is 484 g/mol. The van der Waals surface area contributed by atoms with E-state index in [1.54, 1.807) is 23.5 Å². The largest absolute Gasteiger partial charge is 0.338 e. The maximum absolute atomic E-state index is 13.4. The number of hydrogen-bond acceptors (Lipinski definition) is 5. The van der Waals surface area contributed by atoms with Crippen molar-refractivity contribution in [3.63, 3.8) is 0 Å². The number of rotatable bonds is 7. The number of nitrogens with zero attached hydrogens (tertiary/aromatic N) is 5. The molecule has 0 spiro atoms. The van der Waals surface area contributed by atoms with Crippen LogP contribution >= 0.6 is 22.9 Å². The molecule has 7 nitrogen and oxygen atoms in total. The second-order valence-corrected chi connectivity index (χ2v) is 10.1. The van der Waals surface area contributed by atoms with Gasteiger partial charge in [-0.05, 0) is 36.5 Å². The van der Waals surface area contributed by atoms with Crippen LogP contribution in [0.3, 0.4) is 0 Å². The molecule has 1 aliphatic carbocycles. The molecule has 2 amide bonds. The molecule has 172 valence electrons. The smallest absolute Gasteiger partial charge is 0.274 e. The van der Waals surface area contributed by atoms with E-state index >= 15 is 0 Å². The van der Waals surface area contributed by atoms with Gasteiger partial charge in [-0.3, -0.25) is 14.3 Å². The van der Waals surface area contributed by atoms with E-state index in [2.05, 4.69) is 4.98 Å². The van der Waals surface area contributed by atoms with Crippen molar-refractivity contribution in [1.29, 1.82) is 0 Å². The molecular formula is C24H26ClN5O2S. The van der Waals surface area contributed by atoms with Gasteiger partial charge in [0.05, 0.1) is 24.2 Å². The Labute approximate surface area is 202 Å². The Kier molecular flexibility index (Phi) is 6.21. The zero-order valence-corrected chi connectivity index (χ0v) is 20.1. The van der Waals surface area contributed by atoms with Crippen LogP contribution in [0.2, 0.25) is 5.02 Å². The van der Waals surface area contributed by atoms with Crippen LogP contribution in [0.4, 0.5) is 0 Å². The van der Waals surface area contributed by atoms with E-state index in [1.165, 1.54) is 24.2 Å². The number of amides is 2. The van der Waals surface area contributed by atoms with Crippen LogP contribution in [-0.2, 0) is 37.3 Å². The number of benzene rings is 1. The van der Waals surface area contributed by atoms with Gasteiger partial charge in [0.2, 0.25) is 5.91 Å². The number of carbonyl (C=O) groups excluding carboxylic acids is 2. The number of fused-ring (bicyclic) bond motifs is 1. The summed E-state index contributed by atoms with van der Waals surface area (Å²) in [4.78, 5) is 34.2. The normalized spacial score (nSPS) is 15.4. The second kappa shape index (κ2) is 9.27. The second-order valence-electron chi connectivity index (χ2n) is 8.91. The lowest BCUT2D eigenvalue weighted by molar-refractivity contribution is -0.131. The number of hydrogen-bond donors (Lipinski definition) is 0. The Balaban J connectivity index is 1.37.